The molecule has 0 aliphatic rings. The summed E-state index contributed by atoms with van der Waals surface area (Å²) in [5, 5.41) is 3.17. The molecule has 0 aliphatic heterocycles. The number of nitrogens with one attached hydrogen (secondary N) is 1. The van der Waals surface area contributed by atoms with Crippen LogP contribution in [0.15, 0.2) is 18.2 Å². The maximum absolute atomic E-state index is 13.1. The third-order valence-corrected chi connectivity index (χ3v) is 2.76. The molecule has 1 aromatic rings. The number of hydrogen-bond donors (Lipinski definition) is 1. The summed E-state index contributed by atoms with van der Waals surface area (Å²) in [7, 11) is 3.98. The van der Waals surface area contributed by atoms with Crippen molar-refractivity contribution in [3.63, 3.8) is 0 Å². The minimum Gasteiger partial charge on any atom is -0.379 e. The van der Waals surface area contributed by atoms with Gasteiger partial charge in [-0.2, -0.15) is 0 Å². The quantitative estimate of drug-likeness (QED) is 0.734. The third kappa shape index (κ3) is 6.61. The number of benzene rings is 1. The summed E-state index contributed by atoms with van der Waals surface area (Å²) in [5.41, 5.74) is 0.603. The monoisotopic (exact) mass is 272 g/mol. The van der Waals surface area contributed by atoms with Gasteiger partial charge in [0.2, 0.25) is 0 Å². The largest absolute Gasteiger partial charge is 0.379 e. The number of hydrogen-bond acceptors (Lipinski definition) is 3. The van der Waals surface area contributed by atoms with Gasteiger partial charge in [0.15, 0.2) is 0 Å². The molecule has 0 saturated heterocycles. The molecular weight excluding hydrogens is 250 g/mol. The second kappa shape index (κ2) is 8.19. The molecule has 5 heteroatoms. The topological polar surface area (TPSA) is 24.5 Å². The Morgan fingerprint density at radius 3 is 2.37 bits per heavy atom. The van der Waals surface area contributed by atoms with Crippen LogP contribution in [0.2, 0.25) is 0 Å². The molecule has 0 aromatic heterocycles. The fourth-order valence-electron chi connectivity index (χ4n) is 1.64. The molecule has 0 radical (unpaired) electrons. The summed E-state index contributed by atoms with van der Waals surface area (Å²) in [6.07, 6.45) is 0. The Labute approximate surface area is 113 Å². The Bertz CT molecular complexity index is 365. The number of halogens is 2. The van der Waals surface area contributed by atoms with E-state index in [2.05, 4.69) is 5.32 Å². The van der Waals surface area contributed by atoms with Crippen LogP contribution >= 0.6 is 0 Å². The summed E-state index contributed by atoms with van der Waals surface area (Å²) in [5.74, 6) is -1.10. The van der Waals surface area contributed by atoms with E-state index >= 15 is 0 Å². The highest BCUT2D eigenvalue weighted by Gasteiger charge is 2.07. The van der Waals surface area contributed by atoms with E-state index in [4.69, 9.17) is 4.74 Å². The third-order valence-electron chi connectivity index (χ3n) is 2.76. The summed E-state index contributed by atoms with van der Waals surface area (Å²) in [6.45, 7) is 4.65. The van der Waals surface area contributed by atoms with Crippen molar-refractivity contribution in [2.75, 3.05) is 40.4 Å². The van der Waals surface area contributed by atoms with Gasteiger partial charge >= 0.3 is 0 Å². The Hall–Kier alpha value is -1.04. The van der Waals surface area contributed by atoms with Gasteiger partial charge in [0.1, 0.15) is 11.6 Å². The van der Waals surface area contributed by atoms with Crippen molar-refractivity contribution >= 4 is 0 Å². The van der Waals surface area contributed by atoms with E-state index in [0.717, 1.165) is 12.6 Å². The first-order valence-electron chi connectivity index (χ1n) is 6.41. The van der Waals surface area contributed by atoms with Crippen LogP contribution < -0.4 is 5.32 Å². The minimum absolute atomic E-state index is 0.109. The predicted octanol–water partition coefficient (Wildman–Crippen LogP) is 2.19. The Morgan fingerprint density at radius 2 is 1.79 bits per heavy atom. The lowest BCUT2D eigenvalue weighted by Gasteiger charge is -2.15. The SMILES string of the molecule is CC(NCCOCCN(C)C)c1cc(F)cc(F)c1. The van der Waals surface area contributed by atoms with Crippen LogP contribution in [0.25, 0.3) is 0 Å². The first-order chi connectivity index (χ1) is 8.99. The van der Waals surface area contributed by atoms with E-state index in [1.54, 1.807) is 0 Å². The minimum atomic E-state index is -0.550. The van der Waals surface area contributed by atoms with Gasteiger partial charge < -0.3 is 15.0 Å². The van der Waals surface area contributed by atoms with Gasteiger partial charge in [0.25, 0.3) is 0 Å². The molecule has 0 heterocycles. The van der Waals surface area contributed by atoms with E-state index in [0.29, 0.717) is 25.3 Å². The second-order valence-corrected chi connectivity index (χ2v) is 4.79. The van der Waals surface area contributed by atoms with Crippen molar-refractivity contribution in [2.24, 2.45) is 0 Å². The Morgan fingerprint density at radius 1 is 1.16 bits per heavy atom. The molecular formula is C14H22F2N2O. The highest BCUT2D eigenvalue weighted by molar-refractivity contribution is 5.20. The summed E-state index contributed by atoms with van der Waals surface area (Å²) < 4.78 is 31.5. The van der Waals surface area contributed by atoms with E-state index in [1.165, 1.54) is 12.1 Å². The molecule has 0 amide bonds. The van der Waals surface area contributed by atoms with E-state index in [-0.39, 0.29) is 6.04 Å². The van der Waals surface area contributed by atoms with Crippen molar-refractivity contribution < 1.29 is 13.5 Å². The molecule has 0 aliphatic carbocycles. The average molecular weight is 272 g/mol. The van der Waals surface area contributed by atoms with Gasteiger partial charge in [-0.3, -0.25) is 0 Å². The average Bonchev–Trinajstić information content (AvgIpc) is 2.31. The summed E-state index contributed by atoms with van der Waals surface area (Å²) >= 11 is 0. The Balaban J connectivity index is 2.25. The van der Waals surface area contributed by atoms with Crippen LogP contribution in [-0.4, -0.2) is 45.3 Å². The smallest absolute Gasteiger partial charge is 0.126 e. The molecule has 0 fully saturated rings. The zero-order valence-electron chi connectivity index (χ0n) is 11.7. The van der Waals surface area contributed by atoms with Crippen LogP contribution in [-0.2, 0) is 4.74 Å². The van der Waals surface area contributed by atoms with Crippen molar-refractivity contribution in [1.82, 2.24) is 10.2 Å². The molecule has 0 spiro atoms. The molecule has 1 aromatic carbocycles. The summed E-state index contributed by atoms with van der Waals surface area (Å²) in [4.78, 5) is 2.05. The first-order valence-corrected chi connectivity index (χ1v) is 6.41. The highest BCUT2D eigenvalue weighted by atomic mass is 19.1. The maximum atomic E-state index is 13.1. The zero-order chi connectivity index (χ0) is 14.3. The number of nitrogens with zero attached hydrogens (tertiary/aromatic N) is 1. The number of rotatable bonds is 8. The van der Waals surface area contributed by atoms with E-state index in [9.17, 15) is 8.78 Å². The zero-order valence-corrected chi connectivity index (χ0v) is 11.7. The standard InChI is InChI=1S/C14H22F2N2O/c1-11(12-8-13(15)10-14(16)9-12)17-4-6-19-7-5-18(2)3/h8-11,17H,4-7H2,1-3H3. The number of ether oxygens (including phenoxy) is 1. The summed E-state index contributed by atoms with van der Waals surface area (Å²) in [6, 6.07) is 3.45. The highest BCUT2D eigenvalue weighted by Crippen LogP contribution is 2.15. The molecule has 0 bridgehead atoms. The van der Waals surface area contributed by atoms with Gasteiger partial charge in [0, 0.05) is 25.2 Å². The van der Waals surface area contributed by atoms with Gasteiger partial charge in [-0.25, -0.2) is 8.78 Å². The molecule has 0 saturated carbocycles. The fraction of sp³-hybridized carbons (Fsp3) is 0.571. The predicted molar refractivity (Wildman–Crippen MR) is 72.1 cm³/mol. The van der Waals surface area contributed by atoms with Crippen LogP contribution in [0.5, 0.6) is 0 Å². The number of likely N-dealkylation sites (N-methyl/N-ethyl adjacent to an activating group) is 1. The van der Waals surface area contributed by atoms with Crippen LogP contribution in [0.4, 0.5) is 8.78 Å². The lowest BCUT2D eigenvalue weighted by molar-refractivity contribution is 0.118. The molecule has 1 atom stereocenters. The Kier molecular flexibility index (Phi) is 6.91. The van der Waals surface area contributed by atoms with E-state index in [1.807, 2.05) is 25.9 Å². The van der Waals surface area contributed by atoms with Crippen molar-refractivity contribution in [3.8, 4) is 0 Å². The van der Waals surface area contributed by atoms with Crippen LogP contribution in [0.1, 0.15) is 18.5 Å². The molecule has 19 heavy (non-hydrogen) atoms. The molecule has 1 unspecified atom stereocenters. The van der Waals surface area contributed by atoms with Gasteiger partial charge in [-0.05, 0) is 38.7 Å². The van der Waals surface area contributed by atoms with Gasteiger partial charge in [-0.15, -0.1) is 0 Å². The van der Waals surface area contributed by atoms with E-state index < -0.39 is 11.6 Å². The van der Waals surface area contributed by atoms with Gasteiger partial charge in [0.05, 0.1) is 13.2 Å². The first kappa shape index (κ1) is 16.0. The van der Waals surface area contributed by atoms with Crippen molar-refractivity contribution in [2.45, 2.75) is 13.0 Å². The normalized spacial score (nSPS) is 12.9. The lowest BCUT2D eigenvalue weighted by atomic mass is 10.1. The van der Waals surface area contributed by atoms with Gasteiger partial charge in [-0.1, -0.05) is 0 Å². The van der Waals surface area contributed by atoms with Crippen molar-refractivity contribution in [1.29, 1.82) is 0 Å². The van der Waals surface area contributed by atoms with Crippen LogP contribution in [0.3, 0.4) is 0 Å². The van der Waals surface area contributed by atoms with Crippen molar-refractivity contribution in [3.05, 3.63) is 35.4 Å². The molecule has 108 valence electrons. The molecule has 1 N–H and O–H groups in total. The fourth-order valence-corrected chi connectivity index (χ4v) is 1.64. The lowest BCUT2D eigenvalue weighted by Crippen LogP contribution is -2.25. The van der Waals surface area contributed by atoms with Crippen LogP contribution in [0, 0.1) is 11.6 Å². The molecule has 3 nitrogen and oxygen atoms in total. The maximum Gasteiger partial charge on any atom is 0.126 e. The molecule has 1 rings (SSSR count). The second-order valence-electron chi connectivity index (χ2n) is 4.79.